The van der Waals surface area contributed by atoms with E-state index in [1.165, 1.54) is 12.8 Å². The van der Waals surface area contributed by atoms with E-state index in [-0.39, 0.29) is 11.8 Å². The first-order valence-electron chi connectivity index (χ1n) is 7.96. The molecule has 3 nitrogen and oxygen atoms in total. The summed E-state index contributed by atoms with van der Waals surface area (Å²) in [6.45, 7) is 6.50. The van der Waals surface area contributed by atoms with E-state index in [0.29, 0.717) is 12.5 Å². The summed E-state index contributed by atoms with van der Waals surface area (Å²) in [6.07, 6.45) is 8.08. The SMILES string of the molecule is CCCCC(CCC)N1C(=O)CC(C)c2ncccc21. The Balaban J connectivity index is 2.32. The number of hydrogen-bond acceptors (Lipinski definition) is 2. The van der Waals surface area contributed by atoms with Crippen LogP contribution in [0.15, 0.2) is 18.3 Å². The predicted molar refractivity (Wildman–Crippen MR) is 83.0 cm³/mol. The molecule has 0 aliphatic carbocycles. The zero-order chi connectivity index (χ0) is 14.5. The van der Waals surface area contributed by atoms with Gasteiger partial charge in [-0.3, -0.25) is 9.78 Å². The lowest BCUT2D eigenvalue weighted by Gasteiger charge is -2.37. The molecule has 20 heavy (non-hydrogen) atoms. The summed E-state index contributed by atoms with van der Waals surface area (Å²) in [6, 6.07) is 4.34. The van der Waals surface area contributed by atoms with Crippen molar-refractivity contribution in [2.24, 2.45) is 0 Å². The van der Waals surface area contributed by atoms with E-state index in [0.717, 1.165) is 30.6 Å². The second-order valence-electron chi connectivity index (χ2n) is 5.86. The fourth-order valence-corrected chi connectivity index (χ4v) is 3.16. The second-order valence-corrected chi connectivity index (χ2v) is 5.86. The van der Waals surface area contributed by atoms with Crippen molar-refractivity contribution in [1.29, 1.82) is 0 Å². The molecular formula is C17H26N2O. The maximum atomic E-state index is 12.5. The number of unbranched alkanes of at least 4 members (excludes halogenated alkanes) is 1. The first-order valence-corrected chi connectivity index (χ1v) is 7.96. The molecule has 1 aliphatic rings. The minimum atomic E-state index is 0.239. The number of carbonyl (C=O) groups is 1. The number of rotatable bonds is 6. The van der Waals surface area contributed by atoms with Gasteiger partial charge in [-0.25, -0.2) is 0 Å². The Morgan fingerprint density at radius 3 is 2.85 bits per heavy atom. The van der Waals surface area contributed by atoms with E-state index in [4.69, 9.17) is 0 Å². The molecule has 0 aromatic carbocycles. The number of nitrogens with zero attached hydrogens (tertiary/aromatic N) is 2. The molecule has 3 heteroatoms. The molecule has 1 aromatic rings. The number of carbonyl (C=O) groups excluding carboxylic acids is 1. The van der Waals surface area contributed by atoms with Gasteiger partial charge in [0.25, 0.3) is 0 Å². The Hall–Kier alpha value is -1.38. The summed E-state index contributed by atoms with van der Waals surface area (Å²) < 4.78 is 0. The fraction of sp³-hybridized carbons (Fsp3) is 0.647. The van der Waals surface area contributed by atoms with Gasteiger partial charge in [0.15, 0.2) is 0 Å². The highest BCUT2D eigenvalue weighted by molar-refractivity contribution is 5.97. The van der Waals surface area contributed by atoms with Crippen LogP contribution in [-0.4, -0.2) is 16.9 Å². The number of aromatic nitrogens is 1. The molecule has 2 unspecified atom stereocenters. The van der Waals surface area contributed by atoms with Crippen molar-refractivity contribution < 1.29 is 4.79 Å². The predicted octanol–water partition coefficient (Wildman–Crippen LogP) is 4.28. The van der Waals surface area contributed by atoms with Crippen LogP contribution >= 0.6 is 0 Å². The number of anilines is 1. The Labute approximate surface area is 122 Å². The van der Waals surface area contributed by atoms with Gasteiger partial charge < -0.3 is 4.90 Å². The molecule has 1 amide bonds. The van der Waals surface area contributed by atoms with Crippen LogP contribution in [0.4, 0.5) is 5.69 Å². The van der Waals surface area contributed by atoms with Crippen molar-refractivity contribution in [2.45, 2.75) is 71.3 Å². The average molecular weight is 274 g/mol. The number of hydrogen-bond donors (Lipinski definition) is 0. The first kappa shape index (κ1) is 15.0. The molecule has 0 saturated heterocycles. The quantitative estimate of drug-likeness (QED) is 0.775. The third-order valence-electron chi connectivity index (χ3n) is 4.17. The van der Waals surface area contributed by atoms with Crippen LogP contribution in [0.1, 0.15) is 70.9 Å². The van der Waals surface area contributed by atoms with E-state index in [9.17, 15) is 4.79 Å². The van der Waals surface area contributed by atoms with Gasteiger partial charge in [0, 0.05) is 24.6 Å². The van der Waals surface area contributed by atoms with E-state index >= 15 is 0 Å². The summed E-state index contributed by atoms with van der Waals surface area (Å²) in [5.74, 6) is 0.510. The van der Waals surface area contributed by atoms with Gasteiger partial charge in [-0.2, -0.15) is 0 Å². The lowest BCUT2D eigenvalue weighted by molar-refractivity contribution is -0.119. The van der Waals surface area contributed by atoms with Crippen molar-refractivity contribution in [1.82, 2.24) is 4.98 Å². The van der Waals surface area contributed by atoms with Gasteiger partial charge in [0.05, 0.1) is 11.4 Å². The molecule has 0 radical (unpaired) electrons. The maximum absolute atomic E-state index is 12.5. The molecule has 0 bridgehead atoms. The Morgan fingerprint density at radius 2 is 2.15 bits per heavy atom. The van der Waals surface area contributed by atoms with Gasteiger partial charge >= 0.3 is 0 Å². The van der Waals surface area contributed by atoms with Crippen molar-refractivity contribution in [3.63, 3.8) is 0 Å². The Kier molecular flexibility index (Phi) is 5.16. The van der Waals surface area contributed by atoms with Crippen LogP contribution in [0.25, 0.3) is 0 Å². The van der Waals surface area contributed by atoms with Gasteiger partial charge in [0.1, 0.15) is 0 Å². The molecule has 1 aliphatic heterocycles. The summed E-state index contributed by atoms with van der Waals surface area (Å²) in [5, 5.41) is 0. The standard InChI is InChI=1S/C17H26N2O/c1-4-6-9-14(8-5-2)19-15-10-7-11-18-17(15)13(3)12-16(19)20/h7,10-11,13-14H,4-6,8-9,12H2,1-3H3. The van der Waals surface area contributed by atoms with E-state index in [2.05, 4.69) is 31.8 Å². The molecule has 2 atom stereocenters. The third kappa shape index (κ3) is 3.02. The Morgan fingerprint density at radius 1 is 1.35 bits per heavy atom. The van der Waals surface area contributed by atoms with Gasteiger partial charge in [0.2, 0.25) is 5.91 Å². The smallest absolute Gasteiger partial charge is 0.227 e. The molecule has 0 spiro atoms. The topological polar surface area (TPSA) is 33.2 Å². The molecule has 2 rings (SSSR count). The number of fused-ring (bicyclic) bond motifs is 1. The van der Waals surface area contributed by atoms with E-state index < -0.39 is 0 Å². The van der Waals surface area contributed by atoms with Crippen LogP contribution < -0.4 is 4.90 Å². The van der Waals surface area contributed by atoms with Crippen LogP contribution in [-0.2, 0) is 4.79 Å². The van der Waals surface area contributed by atoms with Gasteiger partial charge in [-0.15, -0.1) is 0 Å². The van der Waals surface area contributed by atoms with Crippen LogP contribution in [0, 0.1) is 0 Å². The summed E-state index contributed by atoms with van der Waals surface area (Å²) in [7, 11) is 0. The molecule has 2 heterocycles. The van der Waals surface area contributed by atoms with Gasteiger partial charge in [-0.05, 0) is 25.0 Å². The summed E-state index contributed by atoms with van der Waals surface area (Å²) in [4.78, 5) is 19.1. The lowest BCUT2D eigenvalue weighted by atomic mass is 9.92. The minimum absolute atomic E-state index is 0.239. The molecule has 0 N–H and O–H groups in total. The average Bonchev–Trinajstić information content (AvgIpc) is 2.44. The van der Waals surface area contributed by atoms with Crippen molar-refractivity contribution in [3.05, 3.63) is 24.0 Å². The largest absolute Gasteiger partial charge is 0.308 e. The number of pyridine rings is 1. The highest BCUT2D eigenvalue weighted by atomic mass is 16.2. The van der Waals surface area contributed by atoms with Crippen LogP contribution in [0.2, 0.25) is 0 Å². The van der Waals surface area contributed by atoms with Crippen molar-refractivity contribution in [3.8, 4) is 0 Å². The maximum Gasteiger partial charge on any atom is 0.227 e. The zero-order valence-corrected chi connectivity index (χ0v) is 12.9. The first-order chi connectivity index (χ1) is 9.69. The van der Waals surface area contributed by atoms with Crippen molar-refractivity contribution in [2.75, 3.05) is 4.90 Å². The molecule has 1 aromatic heterocycles. The Bertz CT molecular complexity index is 458. The van der Waals surface area contributed by atoms with Gasteiger partial charge in [-0.1, -0.05) is 40.0 Å². The van der Waals surface area contributed by atoms with E-state index in [1.807, 2.05) is 17.2 Å². The molecule has 110 valence electrons. The zero-order valence-electron chi connectivity index (χ0n) is 12.9. The molecular weight excluding hydrogens is 248 g/mol. The van der Waals surface area contributed by atoms with Crippen molar-refractivity contribution >= 4 is 11.6 Å². The molecule has 0 fully saturated rings. The summed E-state index contributed by atoms with van der Waals surface area (Å²) >= 11 is 0. The van der Waals surface area contributed by atoms with Crippen LogP contribution in [0.3, 0.4) is 0 Å². The van der Waals surface area contributed by atoms with Crippen LogP contribution in [0.5, 0.6) is 0 Å². The highest BCUT2D eigenvalue weighted by Crippen LogP contribution is 2.36. The summed E-state index contributed by atoms with van der Waals surface area (Å²) in [5.41, 5.74) is 2.13. The monoisotopic (exact) mass is 274 g/mol. The number of amides is 1. The lowest BCUT2D eigenvalue weighted by Crippen LogP contribution is -2.44. The third-order valence-corrected chi connectivity index (χ3v) is 4.17. The fourth-order valence-electron chi connectivity index (χ4n) is 3.16. The minimum Gasteiger partial charge on any atom is -0.308 e. The van der Waals surface area contributed by atoms with E-state index in [1.54, 1.807) is 0 Å². The highest BCUT2D eigenvalue weighted by Gasteiger charge is 2.33. The molecule has 0 saturated carbocycles. The second kappa shape index (κ2) is 6.87. The normalized spacial score (nSPS) is 19.9.